The van der Waals surface area contributed by atoms with Crippen LogP contribution in [0.2, 0.25) is 0 Å². The molecule has 2 fully saturated rings. The maximum Gasteiger partial charge on any atom is 0.243 e. The van der Waals surface area contributed by atoms with Gasteiger partial charge < -0.3 is 0 Å². The molecule has 2 saturated carbocycles. The maximum absolute atomic E-state index is 11.4. The van der Waals surface area contributed by atoms with Crippen molar-refractivity contribution >= 4 is 11.6 Å². The van der Waals surface area contributed by atoms with E-state index >= 15 is 0 Å². The van der Waals surface area contributed by atoms with Gasteiger partial charge in [-0.15, -0.1) is 0 Å². The highest BCUT2D eigenvalue weighted by molar-refractivity contribution is 5.88. The monoisotopic (exact) mass is 180 g/mol. The molecule has 2 aliphatic rings. The molecule has 2 aliphatic carbocycles. The summed E-state index contributed by atoms with van der Waals surface area (Å²) >= 11 is 0. The van der Waals surface area contributed by atoms with Crippen LogP contribution in [0.25, 0.3) is 0 Å². The molecule has 0 aromatic heterocycles. The second-order valence-electron chi connectivity index (χ2n) is 4.18. The third kappa shape index (κ3) is 2.08. The first-order chi connectivity index (χ1) is 6.27. The van der Waals surface area contributed by atoms with Crippen LogP contribution in [-0.2, 0) is 4.79 Å². The zero-order chi connectivity index (χ0) is 9.26. The highest BCUT2D eigenvalue weighted by Crippen LogP contribution is 2.37. The van der Waals surface area contributed by atoms with Crippen LogP contribution in [0.4, 0.5) is 0 Å². The molecule has 3 nitrogen and oxygen atoms in total. The van der Waals surface area contributed by atoms with Crippen LogP contribution < -0.4 is 5.43 Å². The first kappa shape index (κ1) is 8.73. The first-order valence-electron chi connectivity index (χ1n) is 5.12. The van der Waals surface area contributed by atoms with Crippen molar-refractivity contribution in [2.24, 2.45) is 16.9 Å². The number of amides is 1. The number of carbonyl (C=O) groups is 1. The van der Waals surface area contributed by atoms with E-state index in [4.69, 9.17) is 0 Å². The zero-order valence-corrected chi connectivity index (χ0v) is 8.05. The molecule has 0 aromatic carbocycles. The molecule has 13 heavy (non-hydrogen) atoms. The van der Waals surface area contributed by atoms with Crippen LogP contribution in [0, 0.1) is 11.8 Å². The van der Waals surface area contributed by atoms with Crippen molar-refractivity contribution < 1.29 is 4.79 Å². The minimum atomic E-state index is 0.117. The smallest absolute Gasteiger partial charge is 0.243 e. The van der Waals surface area contributed by atoms with E-state index in [1.165, 1.54) is 18.6 Å². The van der Waals surface area contributed by atoms with Crippen LogP contribution >= 0.6 is 0 Å². The molecule has 0 aliphatic heterocycles. The Labute approximate surface area is 78.6 Å². The SMILES string of the molecule is CC1CC1C(=O)NN=C1CCCC1. The van der Waals surface area contributed by atoms with Crippen molar-refractivity contribution in [2.75, 3.05) is 0 Å². The van der Waals surface area contributed by atoms with Gasteiger partial charge in [-0.1, -0.05) is 6.92 Å². The highest BCUT2D eigenvalue weighted by Gasteiger charge is 2.39. The van der Waals surface area contributed by atoms with Gasteiger partial charge in [-0.3, -0.25) is 4.79 Å². The molecule has 1 N–H and O–H groups in total. The Morgan fingerprint density at radius 3 is 2.62 bits per heavy atom. The van der Waals surface area contributed by atoms with Crippen molar-refractivity contribution in [3.63, 3.8) is 0 Å². The molecule has 2 unspecified atom stereocenters. The Balaban J connectivity index is 1.78. The van der Waals surface area contributed by atoms with E-state index in [0.29, 0.717) is 5.92 Å². The molecule has 0 saturated heterocycles. The van der Waals surface area contributed by atoms with Crippen LogP contribution in [-0.4, -0.2) is 11.6 Å². The van der Waals surface area contributed by atoms with E-state index in [-0.39, 0.29) is 11.8 Å². The van der Waals surface area contributed by atoms with Crippen LogP contribution in [0.3, 0.4) is 0 Å². The summed E-state index contributed by atoms with van der Waals surface area (Å²) in [5.74, 6) is 0.932. The molecule has 0 radical (unpaired) electrons. The number of rotatable bonds is 2. The van der Waals surface area contributed by atoms with Gasteiger partial charge in [-0.25, -0.2) is 5.43 Å². The van der Waals surface area contributed by atoms with E-state index in [0.717, 1.165) is 19.3 Å². The Morgan fingerprint density at radius 2 is 2.08 bits per heavy atom. The standard InChI is InChI=1S/C10H16N2O/c1-7-6-9(7)10(13)12-11-8-4-2-3-5-8/h7,9H,2-6H2,1H3,(H,12,13). The van der Waals surface area contributed by atoms with Gasteiger partial charge >= 0.3 is 0 Å². The molecule has 0 bridgehead atoms. The lowest BCUT2D eigenvalue weighted by Gasteiger charge is -1.98. The van der Waals surface area contributed by atoms with Crippen molar-refractivity contribution in [1.29, 1.82) is 0 Å². The van der Waals surface area contributed by atoms with Crippen molar-refractivity contribution in [3.8, 4) is 0 Å². The second-order valence-corrected chi connectivity index (χ2v) is 4.18. The normalized spacial score (nSPS) is 31.6. The van der Waals surface area contributed by atoms with Gasteiger partial charge in [0.25, 0.3) is 0 Å². The minimum absolute atomic E-state index is 0.117. The summed E-state index contributed by atoms with van der Waals surface area (Å²) in [4.78, 5) is 11.4. The Kier molecular flexibility index (Phi) is 2.34. The first-order valence-corrected chi connectivity index (χ1v) is 5.12. The summed E-state index contributed by atoms with van der Waals surface area (Å²) in [6.45, 7) is 2.10. The van der Waals surface area contributed by atoms with Crippen molar-refractivity contribution in [3.05, 3.63) is 0 Å². The number of carbonyl (C=O) groups excluding carboxylic acids is 1. The summed E-state index contributed by atoms with van der Waals surface area (Å²) in [5.41, 5.74) is 3.83. The number of hydrogen-bond acceptors (Lipinski definition) is 2. The van der Waals surface area contributed by atoms with E-state index in [9.17, 15) is 4.79 Å². The fraction of sp³-hybridized carbons (Fsp3) is 0.800. The van der Waals surface area contributed by atoms with E-state index < -0.39 is 0 Å². The number of nitrogens with one attached hydrogen (secondary N) is 1. The predicted octanol–water partition coefficient (Wildman–Crippen LogP) is 1.69. The lowest BCUT2D eigenvalue weighted by molar-refractivity contribution is -0.122. The van der Waals surface area contributed by atoms with Gasteiger partial charge in [-0.05, 0) is 38.0 Å². The van der Waals surface area contributed by atoms with Gasteiger partial charge in [0.05, 0.1) is 0 Å². The Morgan fingerprint density at radius 1 is 1.46 bits per heavy atom. The molecule has 0 aromatic rings. The third-order valence-corrected chi connectivity index (χ3v) is 2.95. The average molecular weight is 180 g/mol. The Bertz CT molecular complexity index is 239. The molecule has 72 valence electrons. The molecule has 0 heterocycles. The quantitative estimate of drug-likeness (QED) is 0.645. The fourth-order valence-electron chi connectivity index (χ4n) is 1.80. The summed E-state index contributed by atoms with van der Waals surface area (Å²) < 4.78 is 0. The summed E-state index contributed by atoms with van der Waals surface area (Å²) in [5, 5.41) is 4.14. The third-order valence-electron chi connectivity index (χ3n) is 2.95. The van der Waals surface area contributed by atoms with Gasteiger partial charge in [0.2, 0.25) is 5.91 Å². The van der Waals surface area contributed by atoms with Crippen molar-refractivity contribution in [1.82, 2.24) is 5.43 Å². The maximum atomic E-state index is 11.4. The van der Waals surface area contributed by atoms with Gasteiger partial charge in [-0.2, -0.15) is 5.10 Å². The largest absolute Gasteiger partial charge is 0.273 e. The fourth-order valence-corrected chi connectivity index (χ4v) is 1.80. The molecule has 2 atom stereocenters. The van der Waals surface area contributed by atoms with Gasteiger partial charge in [0.15, 0.2) is 0 Å². The number of hydrazone groups is 1. The molecule has 0 spiro atoms. The molecule has 3 heteroatoms. The van der Waals surface area contributed by atoms with E-state index in [2.05, 4.69) is 17.5 Å². The Hall–Kier alpha value is -0.860. The van der Waals surface area contributed by atoms with Crippen LogP contribution in [0.15, 0.2) is 5.10 Å². The molecular weight excluding hydrogens is 164 g/mol. The van der Waals surface area contributed by atoms with E-state index in [1.54, 1.807) is 0 Å². The van der Waals surface area contributed by atoms with Crippen molar-refractivity contribution in [2.45, 2.75) is 39.0 Å². The topological polar surface area (TPSA) is 41.5 Å². The number of hydrogen-bond donors (Lipinski definition) is 1. The molecular formula is C10H16N2O. The average Bonchev–Trinajstić information content (AvgIpc) is 2.68. The molecule has 1 amide bonds. The van der Waals surface area contributed by atoms with Crippen LogP contribution in [0.5, 0.6) is 0 Å². The molecule has 2 rings (SSSR count). The summed E-state index contributed by atoms with van der Waals surface area (Å²) in [6.07, 6.45) is 5.64. The predicted molar refractivity (Wildman–Crippen MR) is 51.3 cm³/mol. The van der Waals surface area contributed by atoms with Gasteiger partial charge in [0, 0.05) is 11.6 Å². The zero-order valence-electron chi connectivity index (χ0n) is 8.05. The summed E-state index contributed by atoms with van der Waals surface area (Å²) in [7, 11) is 0. The lowest BCUT2D eigenvalue weighted by atomic mass is 10.3. The van der Waals surface area contributed by atoms with Gasteiger partial charge in [0.1, 0.15) is 0 Å². The summed E-state index contributed by atoms with van der Waals surface area (Å²) in [6, 6.07) is 0. The minimum Gasteiger partial charge on any atom is -0.273 e. The second kappa shape index (κ2) is 3.48. The van der Waals surface area contributed by atoms with Crippen LogP contribution in [0.1, 0.15) is 39.0 Å². The van der Waals surface area contributed by atoms with E-state index in [1.807, 2.05) is 0 Å². The number of nitrogens with zero attached hydrogens (tertiary/aromatic N) is 1. The lowest BCUT2D eigenvalue weighted by Crippen LogP contribution is -2.21. The highest BCUT2D eigenvalue weighted by atomic mass is 16.2.